The summed E-state index contributed by atoms with van der Waals surface area (Å²) >= 11 is 7.96. The number of hydrogen-bond donors (Lipinski definition) is 0. The molecule has 1 aromatic rings. The Morgan fingerprint density at radius 3 is 2.85 bits per heavy atom. The minimum Gasteiger partial charge on any atom is -0.548 e. The van der Waals surface area contributed by atoms with E-state index in [0.29, 0.717) is 22.2 Å². The Balaban J connectivity index is 1.79. The number of thiocarbonyl (C=S) groups is 1. The van der Waals surface area contributed by atoms with Gasteiger partial charge in [0.1, 0.15) is 10.4 Å². The lowest BCUT2D eigenvalue weighted by Gasteiger charge is -2.39. The zero-order valence-corrected chi connectivity index (χ0v) is 16.5. The average molecular weight is 410 g/mol. The highest BCUT2D eigenvalue weighted by atomic mass is 32.2. The average Bonchev–Trinajstić information content (AvgIpc) is 3.22. The number of carboxylic acid groups (broad SMARTS) is 1. The highest BCUT2D eigenvalue weighted by molar-refractivity contribution is 8.26. The predicted octanol–water partition coefficient (Wildman–Crippen LogP) is 1.47. The molecule has 0 unspecified atom stereocenters. The topological polar surface area (TPSA) is 80.8 Å². The van der Waals surface area contributed by atoms with Crippen LogP contribution in [0, 0.1) is 0 Å². The lowest BCUT2D eigenvalue weighted by atomic mass is 10.0. The number of aliphatic carboxylic acids is 1. The summed E-state index contributed by atoms with van der Waals surface area (Å²) in [7, 11) is 0. The Morgan fingerprint density at radius 2 is 2.19 bits per heavy atom. The van der Waals surface area contributed by atoms with Crippen LogP contribution in [0.4, 0.5) is 0 Å². The van der Waals surface area contributed by atoms with Crippen molar-refractivity contribution in [3.05, 3.63) is 27.3 Å². The summed E-state index contributed by atoms with van der Waals surface area (Å²) in [6.45, 7) is 1.93. The fourth-order valence-corrected chi connectivity index (χ4v) is 5.25. The van der Waals surface area contributed by atoms with Crippen LogP contribution in [0.1, 0.15) is 31.1 Å². The minimum atomic E-state index is -1.26. The Bertz CT molecular complexity index is 775. The molecule has 0 bridgehead atoms. The standard InChI is InChI=1S/C17H18N2O4S3/c1-10(14(20)18-7-3-2-6-12(18)16(22)23)19-15(21)13(26-17(19)24)9-11-5-4-8-25-11/h4-5,8-10,12H,2-3,6-7H2,1H3,(H,22,23)/p-1/b13-9-/t10-,12-/m0/s1. The van der Waals surface area contributed by atoms with Crippen molar-refractivity contribution in [1.82, 2.24) is 9.80 Å². The summed E-state index contributed by atoms with van der Waals surface area (Å²) in [5.74, 6) is -1.99. The maximum atomic E-state index is 12.9. The molecule has 0 spiro atoms. The number of amides is 2. The van der Waals surface area contributed by atoms with E-state index >= 15 is 0 Å². The van der Waals surface area contributed by atoms with Crippen molar-refractivity contribution in [3.8, 4) is 0 Å². The van der Waals surface area contributed by atoms with Crippen molar-refractivity contribution >= 4 is 63.5 Å². The van der Waals surface area contributed by atoms with Crippen molar-refractivity contribution in [2.45, 2.75) is 38.3 Å². The van der Waals surface area contributed by atoms with Crippen molar-refractivity contribution in [3.63, 3.8) is 0 Å². The summed E-state index contributed by atoms with van der Waals surface area (Å²) < 4.78 is 0.306. The Labute approximate surface area is 164 Å². The molecule has 2 aliphatic heterocycles. The van der Waals surface area contributed by atoms with E-state index in [1.54, 1.807) is 13.0 Å². The van der Waals surface area contributed by atoms with E-state index < -0.39 is 24.0 Å². The first-order valence-corrected chi connectivity index (χ1v) is 10.3. The Hall–Kier alpha value is -1.71. The van der Waals surface area contributed by atoms with E-state index in [1.807, 2.05) is 17.5 Å². The third-order valence-corrected chi connectivity index (χ3v) is 6.59. The number of rotatable bonds is 4. The fraction of sp³-hybridized carbons (Fsp3) is 0.412. The van der Waals surface area contributed by atoms with Gasteiger partial charge in [0.05, 0.1) is 16.9 Å². The van der Waals surface area contributed by atoms with Crippen LogP contribution >= 0.6 is 35.3 Å². The summed E-state index contributed by atoms with van der Waals surface area (Å²) in [6, 6.07) is 1.99. The second-order valence-electron chi connectivity index (χ2n) is 6.11. The molecule has 0 radical (unpaired) electrons. The smallest absolute Gasteiger partial charge is 0.266 e. The molecule has 2 amide bonds. The summed E-state index contributed by atoms with van der Waals surface area (Å²) in [6.07, 6.45) is 3.60. The van der Waals surface area contributed by atoms with Gasteiger partial charge in [0.2, 0.25) is 5.91 Å². The maximum absolute atomic E-state index is 12.9. The molecule has 26 heavy (non-hydrogen) atoms. The third-order valence-electron chi connectivity index (χ3n) is 4.44. The molecule has 1 aromatic heterocycles. The second-order valence-corrected chi connectivity index (χ2v) is 8.76. The quantitative estimate of drug-likeness (QED) is 0.553. The molecule has 0 N–H and O–H groups in total. The first-order valence-electron chi connectivity index (χ1n) is 8.22. The van der Waals surface area contributed by atoms with Crippen molar-refractivity contribution in [2.75, 3.05) is 6.54 Å². The molecule has 2 atom stereocenters. The summed E-state index contributed by atoms with van der Waals surface area (Å²) in [5, 5.41) is 13.3. The Kier molecular flexibility index (Phi) is 5.79. The van der Waals surface area contributed by atoms with Gasteiger partial charge in [-0.15, -0.1) is 11.3 Å². The van der Waals surface area contributed by atoms with Gasteiger partial charge in [0.15, 0.2) is 0 Å². The first kappa shape index (κ1) is 19.1. The highest BCUT2D eigenvalue weighted by Gasteiger charge is 2.41. The molecular weight excluding hydrogens is 392 g/mol. The minimum absolute atomic E-state index is 0.306. The van der Waals surface area contributed by atoms with Gasteiger partial charge in [0.25, 0.3) is 5.91 Å². The van der Waals surface area contributed by atoms with Crippen LogP contribution in [0.3, 0.4) is 0 Å². The van der Waals surface area contributed by atoms with E-state index in [1.165, 1.54) is 21.1 Å². The number of carbonyl (C=O) groups is 3. The number of likely N-dealkylation sites (tertiary alicyclic amines) is 1. The highest BCUT2D eigenvalue weighted by Crippen LogP contribution is 2.35. The molecule has 2 fully saturated rings. The molecule has 2 saturated heterocycles. The number of carbonyl (C=O) groups excluding carboxylic acids is 3. The van der Waals surface area contributed by atoms with Gasteiger partial charge < -0.3 is 14.8 Å². The zero-order valence-electron chi connectivity index (χ0n) is 14.0. The molecule has 0 aromatic carbocycles. The molecule has 6 nitrogen and oxygen atoms in total. The van der Waals surface area contributed by atoms with E-state index in [9.17, 15) is 19.5 Å². The fourth-order valence-electron chi connectivity index (χ4n) is 3.11. The van der Waals surface area contributed by atoms with E-state index in [0.717, 1.165) is 29.5 Å². The number of carboxylic acids is 1. The van der Waals surface area contributed by atoms with Gasteiger partial charge in [-0.3, -0.25) is 14.5 Å². The lowest BCUT2D eigenvalue weighted by Crippen LogP contribution is -2.57. The van der Waals surface area contributed by atoms with E-state index in [2.05, 4.69) is 0 Å². The van der Waals surface area contributed by atoms with Crippen LogP contribution in [0.15, 0.2) is 22.4 Å². The number of hydrogen-bond acceptors (Lipinski definition) is 7. The van der Waals surface area contributed by atoms with Gasteiger partial charge in [0, 0.05) is 11.4 Å². The summed E-state index contributed by atoms with van der Waals surface area (Å²) in [5.41, 5.74) is 0. The molecule has 9 heteroatoms. The van der Waals surface area contributed by atoms with Crippen LogP contribution in [0.2, 0.25) is 0 Å². The molecule has 0 saturated carbocycles. The largest absolute Gasteiger partial charge is 0.548 e. The molecule has 3 heterocycles. The number of nitrogens with zero attached hydrogens (tertiary/aromatic N) is 2. The van der Waals surface area contributed by atoms with Crippen LogP contribution in [-0.4, -0.2) is 50.5 Å². The van der Waals surface area contributed by atoms with Crippen LogP contribution in [0.5, 0.6) is 0 Å². The normalized spacial score (nSPS) is 23.6. The van der Waals surface area contributed by atoms with Gasteiger partial charge >= 0.3 is 0 Å². The SMILES string of the molecule is C[C@@H](C(=O)N1CCCC[C@H]1C(=O)[O-])N1C(=O)/C(=C/c2cccs2)SC1=S. The third kappa shape index (κ3) is 3.70. The molecule has 2 aliphatic rings. The molecule has 138 valence electrons. The number of thiophene rings is 1. The van der Waals surface area contributed by atoms with Gasteiger partial charge in [-0.05, 0) is 43.7 Å². The van der Waals surface area contributed by atoms with E-state index in [-0.39, 0.29) is 5.91 Å². The number of piperidine rings is 1. The monoisotopic (exact) mass is 409 g/mol. The molecular formula is C17H17N2O4S3-. The van der Waals surface area contributed by atoms with Crippen molar-refractivity contribution in [1.29, 1.82) is 0 Å². The lowest BCUT2D eigenvalue weighted by molar-refractivity contribution is -0.312. The first-order chi connectivity index (χ1) is 12.4. The second kappa shape index (κ2) is 7.89. The van der Waals surface area contributed by atoms with Crippen molar-refractivity contribution < 1.29 is 19.5 Å². The van der Waals surface area contributed by atoms with Gasteiger partial charge in [-0.25, -0.2) is 0 Å². The van der Waals surface area contributed by atoms with Crippen molar-refractivity contribution in [2.24, 2.45) is 0 Å². The maximum Gasteiger partial charge on any atom is 0.266 e. The van der Waals surface area contributed by atoms with E-state index in [4.69, 9.17) is 12.2 Å². The van der Waals surface area contributed by atoms with Crippen LogP contribution in [-0.2, 0) is 14.4 Å². The number of thioether (sulfide) groups is 1. The van der Waals surface area contributed by atoms with Gasteiger partial charge in [-0.1, -0.05) is 30.0 Å². The van der Waals surface area contributed by atoms with Crippen LogP contribution < -0.4 is 5.11 Å². The summed E-state index contributed by atoms with van der Waals surface area (Å²) in [4.78, 5) is 40.9. The van der Waals surface area contributed by atoms with Crippen LogP contribution in [0.25, 0.3) is 6.08 Å². The molecule has 0 aliphatic carbocycles. The Morgan fingerprint density at radius 1 is 1.42 bits per heavy atom. The van der Waals surface area contributed by atoms with Gasteiger partial charge in [-0.2, -0.15) is 0 Å². The molecule has 3 rings (SSSR count). The zero-order chi connectivity index (χ0) is 18.8. The predicted molar refractivity (Wildman–Crippen MR) is 103 cm³/mol.